The highest BCUT2D eigenvalue weighted by molar-refractivity contribution is 5.94. The van der Waals surface area contributed by atoms with E-state index in [4.69, 9.17) is 4.74 Å². The van der Waals surface area contributed by atoms with Gasteiger partial charge in [0, 0.05) is 34.6 Å². The molecule has 2 N–H and O–H groups in total. The number of benzene rings is 2. The van der Waals surface area contributed by atoms with E-state index in [-0.39, 0.29) is 11.3 Å². The molecule has 0 radical (unpaired) electrons. The van der Waals surface area contributed by atoms with E-state index >= 15 is 0 Å². The Balaban J connectivity index is 1.55. The van der Waals surface area contributed by atoms with E-state index in [1.54, 1.807) is 7.11 Å². The minimum atomic E-state index is -0.00297. The summed E-state index contributed by atoms with van der Waals surface area (Å²) in [5.74, 6) is 0.852. The lowest BCUT2D eigenvalue weighted by Crippen LogP contribution is -2.32. The molecule has 1 fully saturated rings. The van der Waals surface area contributed by atoms with Crippen molar-refractivity contribution >= 4 is 16.8 Å². The van der Waals surface area contributed by atoms with E-state index in [0.717, 1.165) is 35.2 Å². The van der Waals surface area contributed by atoms with Gasteiger partial charge in [0.05, 0.1) is 7.11 Å². The molecule has 0 spiro atoms. The molecule has 134 valence electrons. The average molecular weight is 348 g/mol. The minimum Gasteiger partial charge on any atom is -0.497 e. The van der Waals surface area contributed by atoms with Gasteiger partial charge in [-0.25, -0.2) is 0 Å². The Hall–Kier alpha value is -2.75. The number of carbonyl (C=O) groups is 1. The molecule has 0 bridgehead atoms. The summed E-state index contributed by atoms with van der Waals surface area (Å²) in [5.41, 5.74) is 5.47. The number of amides is 1. The van der Waals surface area contributed by atoms with E-state index in [9.17, 15) is 4.79 Å². The molecule has 3 aromatic rings. The summed E-state index contributed by atoms with van der Waals surface area (Å²) in [6.07, 6.45) is 4.26. The average Bonchev–Trinajstić information content (AvgIpc) is 3.32. The Labute approximate surface area is 153 Å². The molecular formula is C22H24N2O2. The number of fused-ring (bicyclic) bond motifs is 1. The second kappa shape index (κ2) is 6.20. The standard InChI is InChI=1S/C22H24N2O2/c1-14-4-5-16(10-15(14)2)21(25)24-13-22(8-9-22)19-12-23-20-7-6-17(26-3)11-18(19)20/h4-7,10-12,23H,8-9,13H2,1-3H3,(H,24,25). The number of carbonyl (C=O) groups excluding carboxylic acids is 1. The van der Waals surface area contributed by atoms with Crippen molar-refractivity contribution in [3.8, 4) is 5.75 Å². The number of ether oxygens (including phenoxy) is 1. The number of nitrogens with one attached hydrogen (secondary N) is 2. The van der Waals surface area contributed by atoms with E-state index in [0.29, 0.717) is 6.54 Å². The number of aromatic amines is 1. The highest BCUT2D eigenvalue weighted by Gasteiger charge is 2.45. The third kappa shape index (κ3) is 2.85. The molecule has 0 aliphatic heterocycles. The molecule has 26 heavy (non-hydrogen) atoms. The van der Waals surface area contributed by atoms with Crippen molar-refractivity contribution in [2.45, 2.75) is 32.1 Å². The van der Waals surface area contributed by atoms with Crippen LogP contribution in [0.3, 0.4) is 0 Å². The van der Waals surface area contributed by atoms with Crippen molar-refractivity contribution in [3.63, 3.8) is 0 Å². The van der Waals surface area contributed by atoms with E-state index in [1.165, 1.54) is 16.5 Å². The third-order valence-corrected chi connectivity index (χ3v) is 5.67. The van der Waals surface area contributed by atoms with Gasteiger partial charge in [0.25, 0.3) is 5.91 Å². The summed E-state index contributed by atoms with van der Waals surface area (Å²) in [6, 6.07) is 11.9. The zero-order valence-electron chi connectivity index (χ0n) is 15.5. The van der Waals surface area contributed by atoms with Crippen molar-refractivity contribution in [1.29, 1.82) is 0 Å². The number of methoxy groups -OCH3 is 1. The van der Waals surface area contributed by atoms with Crippen LogP contribution < -0.4 is 10.1 Å². The molecular weight excluding hydrogens is 324 g/mol. The van der Waals surface area contributed by atoms with Crippen LogP contribution in [0.1, 0.15) is 39.9 Å². The molecule has 4 rings (SSSR count). The van der Waals surface area contributed by atoms with Crippen LogP contribution in [0.15, 0.2) is 42.6 Å². The largest absolute Gasteiger partial charge is 0.497 e. The van der Waals surface area contributed by atoms with Gasteiger partial charge in [-0.1, -0.05) is 6.07 Å². The van der Waals surface area contributed by atoms with Gasteiger partial charge in [0.1, 0.15) is 5.75 Å². The fourth-order valence-corrected chi connectivity index (χ4v) is 3.59. The van der Waals surface area contributed by atoms with Crippen LogP contribution in [0.2, 0.25) is 0 Å². The summed E-state index contributed by atoms with van der Waals surface area (Å²) < 4.78 is 5.37. The maximum Gasteiger partial charge on any atom is 0.251 e. The topological polar surface area (TPSA) is 54.1 Å². The smallest absolute Gasteiger partial charge is 0.251 e. The second-order valence-corrected chi connectivity index (χ2v) is 7.38. The van der Waals surface area contributed by atoms with Crippen LogP contribution in [0.4, 0.5) is 0 Å². The van der Waals surface area contributed by atoms with Crippen LogP contribution in [-0.4, -0.2) is 24.5 Å². The maximum atomic E-state index is 12.6. The fraction of sp³-hybridized carbons (Fsp3) is 0.318. The van der Waals surface area contributed by atoms with Crippen LogP contribution >= 0.6 is 0 Å². The first kappa shape index (κ1) is 16.7. The van der Waals surface area contributed by atoms with Gasteiger partial charge in [-0.2, -0.15) is 0 Å². The monoisotopic (exact) mass is 348 g/mol. The molecule has 0 saturated heterocycles. The molecule has 1 amide bonds. The van der Waals surface area contributed by atoms with E-state index in [2.05, 4.69) is 29.5 Å². The lowest BCUT2D eigenvalue weighted by molar-refractivity contribution is 0.0949. The first-order valence-electron chi connectivity index (χ1n) is 9.03. The molecule has 1 saturated carbocycles. The molecule has 0 unspecified atom stereocenters. The number of aromatic nitrogens is 1. The number of aryl methyl sites for hydroxylation is 2. The van der Waals surface area contributed by atoms with Crippen molar-refractivity contribution in [1.82, 2.24) is 10.3 Å². The lowest BCUT2D eigenvalue weighted by atomic mass is 9.95. The van der Waals surface area contributed by atoms with Gasteiger partial charge in [0.2, 0.25) is 0 Å². The van der Waals surface area contributed by atoms with Gasteiger partial charge in [-0.05, 0) is 73.7 Å². The Morgan fingerprint density at radius 3 is 2.65 bits per heavy atom. The summed E-state index contributed by atoms with van der Waals surface area (Å²) in [6.45, 7) is 4.75. The predicted octanol–water partition coefficient (Wildman–Crippen LogP) is 4.25. The molecule has 1 aliphatic rings. The number of hydrogen-bond donors (Lipinski definition) is 2. The first-order chi connectivity index (χ1) is 12.5. The molecule has 1 aliphatic carbocycles. The van der Waals surface area contributed by atoms with Crippen molar-refractivity contribution in [2.24, 2.45) is 0 Å². The maximum absolute atomic E-state index is 12.6. The highest BCUT2D eigenvalue weighted by atomic mass is 16.5. The van der Waals surface area contributed by atoms with Gasteiger partial charge >= 0.3 is 0 Å². The quantitative estimate of drug-likeness (QED) is 0.724. The molecule has 0 atom stereocenters. The number of hydrogen-bond acceptors (Lipinski definition) is 2. The van der Waals surface area contributed by atoms with Gasteiger partial charge in [-0.15, -0.1) is 0 Å². The molecule has 1 heterocycles. The van der Waals surface area contributed by atoms with E-state index in [1.807, 2.05) is 37.3 Å². The Bertz CT molecular complexity index is 983. The number of H-pyrrole nitrogens is 1. The van der Waals surface area contributed by atoms with Crippen LogP contribution in [0.5, 0.6) is 5.75 Å². The predicted molar refractivity (Wildman–Crippen MR) is 104 cm³/mol. The van der Waals surface area contributed by atoms with Crippen LogP contribution in [0, 0.1) is 13.8 Å². The lowest BCUT2D eigenvalue weighted by Gasteiger charge is -2.16. The normalized spacial score (nSPS) is 15.0. The van der Waals surface area contributed by atoms with Gasteiger partial charge in [0.15, 0.2) is 0 Å². The third-order valence-electron chi connectivity index (χ3n) is 5.67. The number of rotatable bonds is 5. The summed E-state index contributed by atoms with van der Waals surface area (Å²) in [4.78, 5) is 15.9. The van der Waals surface area contributed by atoms with Crippen LogP contribution in [0.25, 0.3) is 10.9 Å². The first-order valence-corrected chi connectivity index (χ1v) is 9.03. The van der Waals surface area contributed by atoms with Crippen molar-refractivity contribution in [2.75, 3.05) is 13.7 Å². The SMILES string of the molecule is COc1ccc2[nH]cc(C3(CNC(=O)c4ccc(C)c(C)c4)CC3)c2c1. The Morgan fingerprint density at radius 1 is 1.15 bits per heavy atom. The van der Waals surface area contributed by atoms with E-state index < -0.39 is 0 Å². The summed E-state index contributed by atoms with van der Waals surface area (Å²) >= 11 is 0. The highest BCUT2D eigenvalue weighted by Crippen LogP contribution is 2.50. The zero-order valence-corrected chi connectivity index (χ0v) is 15.5. The molecule has 1 aromatic heterocycles. The van der Waals surface area contributed by atoms with Gasteiger partial charge < -0.3 is 15.0 Å². The molecule has 4 heteroatoms. The van der Waals surface area contributed by atoms with Crippen molar-refractivity contribution < 1.29 is 9.53 Å². The summed E-state index contributed by atoms with van der Waals surface area (Å²) in [5, 5.41) is 4.33. The van der Waals surface area contributed by atoms with Crippen LogP contribution in [-0.2, 0) is 5.41 Å². The molecule has 2 aromatic carbocycles. The Kier molecular flexibility index (Phi) is 3.98. The zero-order chi connectivity index (χ0) is 18.3. The minimum absolute atomic E-state index is 0.00297. The fourth-order valence-electron chi connectivity index (χ4n) is 3.59. The Morgan fingerprint density at radius 2 is 1.96 bits per heavy atom. The van der Waals surface area contributed by atoms with Crippen molar-refractivity contribution in [3.05, 3.63) is 64.8 Å². The van der Waals surface area contributed by atoms with Gasteiger partial charge in [-0.3, -0.25) is 4.79 Å². The summed E-state index contributed by atoms with van der Waals surface area (Å²) in [7, 11) is 1.68. The second-order valence-electron chi connectivity index (χ2n) is 7.38. The molecule has 4 nitrogen and oxygen atoms in total.